The lowest BCUT2D eigenvalue weighted by atomic mass is 10.1. The molecular formula is C15H12ClNO2. The molecule has 19 heavy (non-hydrogen) atoms. The summed E-state index contributed by atoms with van der Waals surface area (Å²) >= 11 is 5.97. The summed E-state index contributed by atoms with van der Waals surface area (Å²) < 4.78 is 5.86. The van der Waals surface area contributed by atoms with Gasteiger partial charge in [-0.25, -0.2) is 0 Å². The molecule has 1 aliphatic heterocycles. The third kappa shape index (κ3) is 1.96. The monoisotopic (exact) mass is 273 g/mol. The number of hydrogen-bond acceptors (Lipinski definition) is 2. The number of rotatable bonds is 0. The molecule has 0 bridgehead atoms. The van der Waals surface area contributed by atoms with Gasteiger partial charge in [-0.3, -0.25) is 4.79 Å². The SMILES string of the molecule is Cc1ccc2c(c1)Oc1cc(Cl)ccc1C(=O)N2C. The Morgan fingerprint density at radius 2 is 1.89 bits per heavy atom. The van der Waals surface area contributed by atoms with Crippen molar-refractivity contribution in [2.45, 2.75) is 6.92 Å². The molecule has 96 valence electrons. The van der Waals surface area contributed by atoms with Gasteiger partial charge in [-0.05, 0) is 36.8 Å². The van der Waals surface area contributed by atoms with Crippen molar-refractivity contribution in [2.75, 3.05) is 11.9 Å². The molecule has 0 fully saturated rings. The highest BCUT2D eigenvalue weighted by Crippen LogP contribution is 2.39. The van der Waals surface area contributed by atoms with Crippen LogP contribution in [0, 0.1) is 6.92 Å². The van der Waals surface area contributed by atoms with Crippen LogP contribution in [0.3, 0.4) is 0 Å². The van der Waals surface area contributed by atoms with E-state index in [9.17, 15) is 4.79 Å². The molecule has 3 rings (SSSR count). The van der Waals surface area contributed by atoms with Crippen molar-refractivity contribution in [3.8, 4) is 11.5 Å². The Morgan fingerprint density at radius 3 is 2.68 bits per heavy atom. The highest BCUT2D eigenvalue weighted by Gasteiger charge is 2.25. The Labute approximate surface area is 116 Å². The van der Waals surface area contributed by atoms with E-state index in [1.165, 1.54) is 0 Å². The molecule has 0 atom stereocenters. The number of carbonyl (C=O) groups excluding carboxylic acids is 1. The Hall–Kier alpha value is -2.00. The second-order valence-electron chi connectivity index (χ2n) is 4.58. The third-order valence-corrected chi connectivity index (χ3v) is 3.41. The minimum atomic E-state index is -0.103. The summed E-state index contributed by atoms with van der Waals surface area (Å²) in [5.41, 5.74) is 2.34. The van der Waals surface area contributed by atoms with Crippen LogP contribution in [-0.2, 0) is 0 Å². The van der Waals surface area contributed by atoms with Gasteiger partial charge in [0.1, 0.15) is 5.75 Å². The zero-order chi connectivity index (χ0) is 13.6. The van der Waals surface area contributed by atoms with Gasteiger partial charge in [-0.2, -0.15) is 0 Å². The standard InChI is InChI=1S/C15H12ClNO2/c1-9-3-6-12-14(7-9)19-13-8-10(16)4-5-11(13)15(18)17(12)2/h3-8H,1-2H3. The van der Waals surface area contributed by atoms with Crippen LogP contribution >= 0.6 is 11.6 Å². The number of amides is 1. The van der Waals surface area contributed by atoms with Gasteiger partial charge in [-0.15, -0.1) is 0 Å². The molecule has 1 heterocycles. The number of aryl methyl sites for hydroxylation is 1. The van der Waals surface area contributed by atoms with Gasteiger partial charge >= 0.3 is 0 Å². The van der Waals surface area contributed by atoms with Crippen LogP contribution in [0.25, 0.3) is 0 Å². The van der Waals surface area contributed by atoms with Crippen LogP contribution in [0.4, 0.5) is 5.69 Å². The molecule has 0 aliphatic carbocycles. The third-order valence-electron chi connectivity index (χ3n) is 3.18. The summed E-state index contributed by atoms with van der Waals surface area (Å²) in [4.78, 5) is 14.0. The van der Waals surface area contributed by atoms with Gasteiger partial charge in [-0.1, -0.05) is 17.7 Å². The van der Waals surface area contributed by atoms with Crippen LogP contribution in [0.15, 0.2) is 36.4 Å². The molecule has 3 nitrogen and oxygen atoms in total. The van der Waals surface area contributed by atoms with Crippen LogP contribution in [0.5, 0.6) is 11.5 Å². The van der Waals surface area contributed by atoms with Gasteiger partial charge < -0.3 is 9.64 Å². The van der Waals surface area contributed by atoms with E-state index >= 15 is 0 Å². The molecular weight excluding hydrogens is 262 g/mol. The van der Waals surface area contributed by atoms with E-state index in [-0.39, 0.29) is 5.91 Å². The van der Waals surface area contributed by atoms with Crippen molar-refractivity contribution in [3.05, 3.63) is 52.5 Å². The van der Waals surface area contributed by atoms with Crippen molar-refractivity contribution in [3.63, 3.8) is 0 Å². The molecule has 4 heteroatoms. The Morgan fingerprint density at radius 1 is 1.11 bits per heavy atom. The number of fused-ring (bicyclic) bond motifs is 2. The summed E-state index contributed by atoms with van der Waals surface area (Å²) in [5, 5.41) is 0.547. The highest BCUT2D eigenvalue weighted by molar-refractivity contribution is 6.31. The largest absolute Gasteiger partial charge is 0.454 e. The molecule has 0 unspecified atom stereocenters. The fourth-order valence-corrected chi connectivity index (χ4v) is 2.31. The summed E-state index contributed by atoms with van der Waals surface area (Å²) in [5.74, 6) is 1.06. The molecule has 0 radical (unpaired) electrons. The van der Waals surface area contributed by atoms with Crippen molar-refractivity contribution >= 4 is 23.2 Å². The van der Waals surface area contributed by atoms with Crippen LogP contribution in [-0.4, -0.2) is 13.0 Å². The maximum Gasteiger partial charge on any atom is 0.261 e. The lowest BCUT2D eigenvalue weighted by Crippen LogP contribution is -2.25. The first-order chi connectivity index (χ1) is 9.06. The predicted octanol–water partition coefficient (Wildman–Crippen LogP) is 4.03. The number of nitrogens with zero attached hydrogens (tertiary/aromatic N) is 1. The van der Waals surface area contributed by atoms with Crippen LogP contribution in [0.1, 0.15) is 15.9 Å². The van der Waals surface area contributed by atoms with E-state index in [1.54, 1.807) is 30.1 Å². The van der Waals surface area contributed by atoms with Crippen LogP contribution < -0.4 is 9.64 Å². The minimum Gasteiger partial charge on any atom is -0.454 e. The topological polar surface area (TPSA) is 29.5 Å². The van der Waals surface area contributed by atoms with E-state index in [0.29, 0.717) is 22.1 Å². The second kappa shape index (κ2) is 4.28. The molecule has 0 N–H and O–H groups in total. The first kappa shape index (κ1) is 12.1. The van der Waals surface area contributed by atoms with Gasteiger partial charge in [0.15, 0.2) is 5.75 Å². The van der Waals surface area contributed by atoms with Gasteiger partial charge in [0.05, 0.1) is 11.3 Å². The number of halogens is 1. The van der Waals surface area contributed by atoms with E-state index in [4.69, 9.17) is 16.3 Å². The maximum absolute atomic E-state index is 12.4. The van der Waals surface area contributed by atoms with Crippen molar-refractivity contribution < 1.29 is 9.53 Å². The minimum absolute atomic E-state index is 0.103. The first-order valence-electron chi connectivity index (χ1n) is 5.92. The zero-order valence-corrected chi connectivity index (χ0v) is 11.4. The number of carbonyl (C=O) groups is 1. The van der Waals surface area contributed by atoms with E-state index in [0.717, 1.165) is 11.3 Å². The molecule has 2 aromatic rings. The maximum atomic E-state index is 12.4. The zero-order valence-electron chi connectivity index (χ0n) is 10.6. The number of benzene rings is 2. The lowest BCUT2D eigenvalue weighted by Gasteiger charge is -2.16. The fraction of sp³-hybridized carbons (Fsp3) is 0.133. The smallest absolute Gasteiger partial charge is 0.261 e. The van der Waals surface area contributed by atoms with Crippen LogP contribution in [0.2, 0.25) is 5.02 Å². The molecule has 0 saturated carbocycles. The Kier molecular flexibility index (Phi) is 2.72. The quantitative estimate of drug-likeness (QED) is 0.725. The molecule has 0 saturated heterocycles. The molecule has 2 aromatic carbocycles. The highest BCUT2D eigenvalue weighted by atomic mass is 35.5. The van der Waals surface area contributed by atoms with Crippen molar-refractivity contribution in [2.24, 2.45) is 0 Å². The normalized spacial score (nSPS) is 13.4. The Balaban J connectivity index is 2.24. The Bertz CT molecular complexity index is 682. The fourth-order valence-electron chi connectivity index (χ4n) is 2.15. The molecule has 0 aromatic heterocycles. The molecule has 1 amide bonds. The average molecular weight is 274 g/mol. The number of ether oxygens (including phenoxy) is 1. The second-order valence-corrected chi connectivity index (χ2v) is 5.01. The number of anilines is 1. The van der Waals surface area contributed by atoms with E-state index < -0.39 is 0 Å². The van der Waals surface area contributed by atoms with Gasteiger partial charge in [0.25, 0.3) is 5.91 Å². The van der Waals surface area contributed by atoms with E-state index in [1.807, 2.05) is 25.1 Å². The summed E-state index contributed by atoms with van der Waals surface area (Å²) in [6, 6.07) is 10.8. The van der Waals surface area contributed by atoms with Crippen molar-refractivity contribution in [1.82, 2.24) is 0 Å². The summed E-state index contributed by atoms with van der Waals surface area (Å²) in [7, 11) is 1.74. The predicted molar refractivity (Wildman–Crippen MR) is 75.4 cm³/mol. The first-order valence-corrected chi connectivity index (χ1v) is 6.30. The average Bonchev–Trinajstić information content (AvgIpc) is 2.46. The van der Waals surface area contributed by atoms with Crippen molar-refractivity contribution in [1.29, 1.82) is 0 Å². The molecule has 0 spiro atoms. The van der Waals surface area contributed by atoms with E-state index in [2.05, 4.69) is 0 Å². The van der Waals surface area contributed by atoms with Gasteiger partial charge in [0, 0.05) is 18.1 Å². The summed E-state index contributed by atoms with van der Waals surface area (Å²) in [6.45, 7) is 1.98. The lowest BCUT2D eigenvalue weighted by molar-refractivity contribution is 0.0993. The van der Waals surface area contributed by atoms with Gasteiger partial charge in [0.2, 0.25) is 0 Å². The molecule has 1 aliphatic rings. The summed E-state index contributed by atoms with van der Waals surface area (Å²) in [6.07, 6.45) is 0. The number of hydrogen-bond donors (Lipinski definition) is 0.